The molecule has 0 atom stereocenters. The minimum Gasteiger partial charge on any atom is -0.325 e. The maximum atomic E-state index is 13.4. The molecule has 0 radical (unpaired) electrons. The summed E-state index contributed by atoms with van der Waals surface area (Å²) < 4.78 is 42.7. The molecule has 0 unspecified atom stereocenters. The molecule has 0 aliphatic heterocycles. The molecule has 0 saturated heterocycles. The van der Waals surface area contributed by atoms with Crippen LogP contribution in [-0.2, 0) is 11.0 Å². The highest BCUT2D eigenvalue weighted by Crippen LogP contribution is 2.37. The number of pyridine rings is 1. The van der Waals surface area contributed by atoms with Gasteiger partial charge in [-0.25, -0.2) is 4.98 Å². The number of carbonyl (C=O) groups is 1. The van der Waals surface area contributed by atoms with Gasteiger partial charge >= 0.3 is 6.18 Å². The van der Waals surface area contributed by atoms with Crippen molar-refractivity contribution < 1.29 is 18.0 Å². The number of rotatable bonds is 2. The van der Waals surface area contributed by atoms with Crippen LogP contribution < -0.4 is 5.32 Å². The van der Waals surface area contributed by atoms with Gasteiger partial charge in [-0.1, -0.05) is 26.8 Å². The summed E-state index contributed by atoms with van der Waals surface area (Å²) in [6, 6.07) is 7.25. The van der Waals surface area contributed by atoms with Gasteiger partial charge in [0, 0.05) is 27.8 Å². The van der Waals surface area contributed by atoms with Crippen LogP contribution in [0.3, 0.4) is 0 Å². The third-order valence-corrected chi connectivity index (χ3v) is 4.43. The highest BCUT2D eigenvalue weighted by molar-refractivity contribution is 9.10. The molecule has 0 saturated carbocycles. The van der Waals surface area contributed by atoms with Crippen molar-refractivity contribution >= 4 is 33.2 Å². The zero-order valence-corrected chi connectivity index (χ0v) is 16.4. The molecule has 2 heterocycles. The minimum absolute atomic E-state index is 0.279. The molecule has 8 heteroatoms. The van der Waals surface area contributed by atoms with Crippen LogP contribution in [0.5, 0.6) is 0 Å². The molecule has 3 rings (SSSR count). The van der Waals surface area contributed by atoms with Gasteiger partial charge in [-0.15, -0.1) is 0 Å². The molecule has 2 aromatic heterocycles. The minimum atomic E-state index is -4.58. The number of imidazole rings is 1. The van der Waals surface area contributed by atoms with Gasteiger partial charge in [0.1, 0.15) is 5.65 Å². The molecular formula is C19H17BrF3N3O. The Labute approximate surface area is 162 Å². The summed E-state index contributed by atoms with van der Waals surface area (Å²) in [6.07, 6.45) is -1.06. The number of halogens is 4. The van der Waals surface area contributed by atoms with E-state index in [1.807, 2.05) is 6.07 Å². The molecule has 0 bridgehead atoms. The summed E-state index contributed by atoms with van der Waals surface area (Å²) in [7, 11) is 0. The summed E-state index contributed by atoms with van der Waals surface area (Å²) >= 11 is 3.37. The van der Waals surface area contributed by atoms with Crippen LogP contribution in [0.15, 0.2) is 47.2 Å². The summed E-state index contributed by atoms with van der Waals surface area (Å²) in [6.45, 7) is 4.91. The van der Waals surface area contributed by atoms with Gasteiger partial charge < -0.3 is 9.72 Å². The summed E-state index contributed by atoms with van der Waals surface area (Å²) in [5.41, 5.74) is -0.351. The van der Waals surface area contributed by atoms with E-state index in [1.165, 1.54) is 12.1 Å². The SMILES string of the molecule is CC(C)(C)C(=O)Nc1cc(-c2cn3cc(Br)ccc3n2)ccc1C(F)(F)F. The number of nitrogens with zero attached hydrogens (tertiary/aromatic N) is 2. The lowest BCUT2D eigenvalue weighted by molar-refractivity contribution is -0.137. The zero-order chi connectivity index (χ0) is 20.0. The van der Waals surface area contributed by atoms with E-state index >= 15 is 0 Å². The maximum absolute atomic E-state index is 13.4. The zero-order valence-electron chi connectivity index (χ0n) is 14.9. The Hall–Kier alpha value is -2.35. The topological polar surface area (TPSA) is 46.4 Å². The van der Waals surface area contributed by atoms with Crippen molar-refractivity contribution in [1.29, 1.82) is 0 Å². The lowest BCUT2D eigenvalue weighted by atomic mass is 9.95. The van der Waals surface area contributed by atoms with Crippen molar-refractivity contribution in [2.75, 3.05) is 5.32 Å². The van der Waals surface area contributed by atoms with Gasteiger partial charge in [-0.2, -0.15) is 13.2 Å². The normalized spacial score (nSPS) is 12.4. The van der Waals surface area contributed by atoms with Crippen LogP contribution in [0.4, 0.5) is 18.9 Å². The predicted molar refractivity (Wildman–Crippen MR) is 101 cm³/mol. The standard InChI is InChI=1S/C19H17BrF3N3O/c1-18(2,3)17(27)25-14-8-11(4-6-13(14)19(21,22)23)15-10-26-9-12(20)5-7-16(26)24-15/h4-10H,1-3H3,(H,25,27). The van der Waals surface area contributed by atoms with E-state index in [4.69, 9.17) is 0 Å². The first-order valence-corrected chi connectivity index (χ1v) is 8.92. The third-order valence-electron chi connectivity index (χ3n) is 3.97. The average molecular weight is 440 g/mol. The number of anilines is 1. The van der Waals surface area contributed by atoms with Gasteiger partial charge in [-0.3, -0.25) is 4.79 Å². The first kappa shape index (κ1) is 19.4. The number of benzene rings is 1. The Morgan fingerprint density at radius 3 is 2.44 bits per heavy atom. The van der Waals surface area contributed by atoms with Crippen LogP contribution in [-0.4, -0.2) is 15.3 Å². The molecule has 142 valence electrons. The highest BCUT2D eigenvalue weighted by atomic mass is 79.9. The van der Waals surface area contributed by atoms with Crippen LogP contribution in [0.25, 0.3) is 16.9 Å². The van der Waals surface area contributed by atoms with E-state index in [0.717, 1.165) is 10.5 Å². The molecule has 3 aromatic rings. The van der Waals surface area contributed by atoms with Crippen LogP contribution in [0.2, 0.25) is 0 Å². The number of aromatic nitrogens is 2. The Morgan fingerprint density at radius 1 is 1.11 bits per heavy atom. The van der Waals surface area contributed by atoms with Gasteiger partial charge in [-0.05, 0) is 40.2 Å². The predicted octanol–water partition coefficient (Wildman–Crippen LogP) is 5.77. The van der Waals surface area contributed by atoms with E-state index in [0.29, 0.717) is 16.9 Å². The number of hydrogen-bond donors (Lipinski definition) is 1. The quantitative estimate of drug-likeness (QED) is 0.550. The molecule has 1 N–H and O–H groups in total. The van der Waals surface area contributed by atoms with E-state index in [1.54, 1.807) is 43.6 Å². The van der Waals surface area contributed by atoms with Crippen molar-refractivity contribution in [2.24, 2.45) is 5.41 Å². The lowest BCUT2D eigenvalue weighted by Crippen LogP contribution is -2.28. The fourth-order valence-corrected chi connectivity index (χ4v) is 2.82. The number of hydrogen-bond acceptors (Lipinski definition) is 2. The monoisotopic (exact) mass is 439 g/mol. The first-order valence-electron chi connectivity index (χ1n) is 8.12. The second-order valence-electron chi connectivity index (χ2n) is 7.20. The second kappa shape index (κ2) is 6.67. The summed E-state index contributed by atoms with van der Waals surface area (Å²) in [5.74, 6) is -0.496. The average Bonchev–Trinajstić information content (AvgIpc) is 2.95. The first-order chi connectivity index (χ1) is 12.4. The maximum Gasteiger partial charge on any atom is 0.418 e. The molecule has 27 heavy (non-hydrogen) atoms. The fraction of sp³-hybridized carbons (Fsp3) is 0.263. The molecule has 0 aliphatic carbocycles. The number of amides is 1. The van der Waals surface area contributed by atoms with E-state index in [9.17, 15) is 18.0 Å². The molecular weight excluding hydrogens is 423 g/mol. The summed E-state index contributed by atoms with van der Waals surface area (Å²) in [5, 5.41) is 2.41. The third kappa shape index (κ3) is 4.16. The largest absolute Gasteiger partial charge is 0.418 e. The van der Waals surface area contributed by atoms with E-state index < -0.39 is 23.1 Å². The number of fused-ring (bicyclic) bond motifs is 1. The van der Waals surface area contributed by atoms with Gasteiger partial charge in [0.15, 0.2) is 0 Å². The Kier molecular flexibility index (Phi) is 4.80. The smallest absolute Gasteiger partial charge is 0.325 e. The molecule has 0 fully saturated rings. The molecule has 1 amide bonds. The highest BCUT2D eigenvalue weighted by Gasteiger charge is 2.35. The second-order valence-corrected chi connectivity index (χ2v) is 8.12. The molecule has 4 nitrogen and oxygen atoms in total. The Bertz CT molecular complexity index is 1020. The van der Waals surface area contributed by atoms with Crippen molar-refractivity contribution in [3.05, 3.63) is 52.8 Å². The molecule has 0 spiro atoms. The lowest BCUT2D eigenvalue weighted by Gasteiger charge is -2.20. The van der Waals surface area contributed by atoms with Gasteiger partial charge in [0.25, 0.3) is 0 Å². The number of carbonyl (C=O) groups excluding carboxylic acids is 1. The van der Waals surface area contributed by atoms with Gasteiger partial charge in [0.05, 0.1) is 16.9 Å². The Balaban J connectivity index is 2.08. The summed E-state index contributed by atoms with van der Waals surface area (Å²) in [4.78, 5) is 16.7. The van der Waals surface area contributed by atoms with Crippen molar-refractivity contribution in [3.63, 3.8) is 0 Å². The van der Waals surface area contributed by atoms with E-state index in [-0.39, 0.29) is 5.69 Å². The fourth-order valence-electron chi connectivity index (χ4n) is 2.47. The number of alkyl halides is 3. The Morgan fingerprint density at radius 2 is 1.81 bits per heavy atom. The van der Waals surface area contributed by atoms with Crippen molar-refractivity contribution in [2.45, 2.75) is 26.9 Å². The van der Waals surface area contributed by atoms with Crippen molar-refractivity contribution in [1.82, 2.24) is 9.38 Å². The molecule has 0 aliphatic rings. The van der Waals surface area contributed by atoms with Crippen molar-refractivity contribution in [3.8, 4) is 11.3 Å². The molecule has 1 aromatic carbocycles. The van der Waals surface area contributed by atoms with Crippen LogP contribution in [0, 0.1) is 5.41 Å². The van der Waals surface area contributed by atoms with E-state index in [2.05, 4.69) is 26.2 Å². The van der Waals surface area contributed by atoms with Crippen LogP contribution >= 0.6 is 15.9 Å². The van der Waals surface area contributed by atoms with Crippen LogP contribution in [0.1, 0.15) is 26.3 Å². The van der Waals surface area contributed by atoms with Gasteiger partial charge in [0.2, 0.25) is 5.91 Å². The number of nitrogens with one attached hydrogen (secondary N) is 1.